The number of carboxylic acid groups (broad SMARTS) is 2. The molecule has 0 rings (SSSR count). The molecule has 3 unspecified atom stereocenters. The summed E-state index contributed by atoms with van der Waals surface area (Å²) in [7, 11) is 0. The van der Waals surface area contributed by atoms with E-state index in [4.69, 9.17) is 21.7 Å². The van der Waals surface area contributed by atoms with Gasteiger partial charge in [-0.1, -0.05) is 40.0 Å². The Bertz CT molecular complexity index is 246. The fourth-order valence-corrected chi connectivity index (χ4v) is 1.04. The molecular weight excluding hydrogens is 236 g/mol. The Kier molecular flexibility index (Phi) is 11.7. The van der Waals surface area contributed by atoms with E-state index in [0.29, 0.717) is 6.42 Å². The van der Waals surface area contributed by atoms with Crippen molar-refractivity contribution in [3.63, 3.8) is 0 Å². The maximum absolute atomic E-state index is 10.2. The second-order valence-electron chi connectivity index (χ2n) is 4.34. The molecule has 0 aromatic heterocycles. The highest BCUT2D eigenvalue weighted by atomic mass is 16.4. The van der Waals surface area contributed by atoms with Crippen LogP contribution in [0.15, 0.2) is 0 Å². The van der Waals surface area contributed by atoms with Crippen LogP contribution in [0.2, 0.25) is 0 Å². The zero-order valence-electron chi connectivity index (χ0n) is 11.4. The predicted octanol–water partition coefficient (Wildman–Crippen LogP) is 1.03. The Morgan fingerprint density at radius 3 is 1.83 bits per heavy atom. The molecular formula is C12H26N2O4. The Balaban J connectivity index is 0. The summed E-state index contributed by atoms with van der Waals surface area (Å²) in [6, 6.07) is -1.36. The van der Waals surface area contributed by atoms with Crippen molar-refractivity contribution in [3.8, 4) is 0 Å². The molecule has 0 spiro atoms. The minimum Gasteiger partial charge on any atom is -0.480 e. The van der Waals surface area contributed by atoms with Crippen LogP contribution in [0, 0.1) is 5.92 Å². The van der Waals surface area contributed by atoms with Gasteiger partial charge in [-0.25, -0.2) is 0 Å². The third kappa shape index (κ3) is 10.0. The third-order valence-electron chi connectivity index (χ3n) is 2.73. The number of aliphatic carboxylic acids is 2. The highest BCUT2D eigenvalue weighted by Crippen LogP contribution is 2.04. The first-order valence-electron chi connectivity index (χ1n) is 6.24. The molecule has 0 aliphatic heterocycles. The maximum atomic E-state index is 10.2. The van der Waals surface area contributed by atoms with Crippen LogP contribution in [0.1, 0.15) is 46.5 Å². The lowest BCUT2D eigenvalue weighted by atomic mass is 10.0. The van der Waals surface area contributed by atoms with Crippen LogP contribution in [0.4, 0.5) is 0 Å². The lowest BCUT2D eigenvalue weighted by molar-refractivity contribution is -0.140. The number of carbonyl (C=O) groups is 2. The van der Waals surface area contributed by atoms with Crippen molar-refractivity contribution in [1.82, 2.24) is 0 Å². The number of nitrogens with two attached hydrogens (primary N) is 2. The van der Waals surface area contributed by atoms with Crippen molar-refractivity contribution in [2.45, 2.75) is 58.5 Å². The topological polar surface area (TPSA) is 127 Å². The van der Waals surface area contributed by atoms with Gasteiger partial charge < -0.3 is 21.7 Å². The summed E-state index contributed by atoms with van der Waals surface area (Å²) in [6.45, 7) is 5.76. The average Bonchev–Trinajstić information content (AvgIpc) is 2.34. The van der Waals surface area contributed by atoms with Gasteiger partial charge in [0.1, 0.15) is 12.1 Å². The highest BCUT2D eigenvalue weighted by molar-refractivity contribution is 5.73. The fraction of sp³-hybridized carbons (Fsp3) is 0.833. The van der Waals surface area contributed by atoms with Crippen LogP contribution in [0.3, 0.4) is 0 Å². The standard InChI is InChI=1S/2C6H13NO2/c1-3-4(2)5(7)6(8)9;1-2-3-4-5(7)6(8)9/h4-5H,3,7H2,1-2H3,(H,8,9);5H,2-4,7H2,1H3,(H,8,9). The fourth-order valence-electron chi connectivity index (χ4n) is 1.04. The zero-order chi connectivity index (χ0) is 14.7. The van der Waals surface area contributed by atoms with E-state index >= 15 is 0 Å². The quantitative estimate of drug-likeness (QED) is 0.543. The predicted molar refractivity (Wildman–Crippen MR) is 70.2 cm³/mol. The molecule has 0 saturated carbocycles. The van der Waals surface area contributed by atoms with Crippen LogP contribution in [-0.4, -0.2) is 34.2 Å². The van der Waals surface area contributed by atoms with Gasteiger partial charge in [-0.3, -0.25) is 9.59 Å². The van der Waals surface area contributed by atoms with E-state index in [1.54, 1.807) is 0 Å². The average molecular weight is 262 g/mol. The van der Waals surface area contributed by atoms with Crippen molar-refractivity contribution in [2.24, 2.45) is 17.4 Å². The minimum absolute atomic E-state index is 0.0718. The van der Waals surface area contributed by atoms with Crippen LogP contribution >= 0.6 is 0 Å². The van der Waals surface area contributed by atoms with E-state index in [2.05, 4.69) is 0 Å². The molecule has 6 heteroatoms. The summed E-state index contributed by atoms with van der Waals surface area (Å²) >= 11 is 0. The van der Waals surface area contributed by atoms with E-state index in [9.17, 15) is 9.59 Å². The van der Waals surface area contributed by atoms with Crippen LogP contribution in [0.5, 0.6) is 0 Å². The molecule has 0 saturated heterocycles. The van der Waals surface area contributed by atoms with Gasteiger partial charge in [0.15, 0.2) is 0 Å². The van der Waals surface area contributed by atoms with Crippen molar-refractivity contribution in [1.29, 1.82) is 0 Å². The first-order chi connectivity index (χ1) is 8.27. The summed E-state index contributed by atoms with van der Waals surface area (Å²) in [5, 5.41) is 16.6. The lowest BCUT2D eigenvalue weighted by Crippen LogP contribution is -2.36. The number of unbranched alkanes of at least 4 members (excludes halogenated alkanes) is 1. The highest BCUT2D eigenvalue weighted by Gasteiger charge is 2.17. The molecule has 3 atom stereocenters. The van der Waals surface area contributed by atoms with E-state index < -0.39 is 24.0 Å². The van der Waals surface area contributed by atoms with Crippen LogP contribution < -0.4 is 11.5 Å². The Hall–Kier alpha value is -1.14. The minimum atomic E-state index is -0.913. The molecule has 0 aromatic rings. The Morgan fingerprint density at radius 2 is 1.61 bits per heavy atom. The van der Waals surface area contributed by atoms with Gasteiger partial charge in [-0.15, -0.1) is 0 Å². The Morgan fingerprint density at radius 1 is 1.11 bits per heavy atom. The summed E-state index contributed by atoms with van der Waals surface area (Å²) in [6.07, 6.45) is 3.30. The van der Waals surface area contributed by atoms with E-state index in [1.165, 1.54) is 0 Å². The van der Waals surface area contributed by atoms with Crippen molar-refractivity contribution < 1.29 is 19.8 Å². The van der Waals surface area contributed by atoms with Crippen molar-refractivity contribution in [2.75, 3.05) is 0 Å². The molecule has 6 N–H and O–H groups in total. The molecule has 0 radical (unpaired) electrons. The van der Waals surface area contributed by atoms with E-state index in [0.717, 1.165) is 19.3 Å². The SMILES string of the molecule is CCC(C)C(N)C(=O)O.CCCCC(N)C(=O)O. The number of rotatable bonds is 7. The van der Waals surface area contributed by atoms with E-state index in [-0.39, 0.29) is 5.92 Å². The van der Waals surface area contributed by atoms with Crippen LogP contribution in [0.25, 0.3) is 0 Å². The Labute approximate surface area is 108 Å². The van der Waals surface area contributed by atoms with Gasteiger partial charge in [-0.05, 0) is 12.3 Å². The smallest absolute Gasteiger partial charge is 0.320 e. The van der Waals surface area contributed by atoms with Gasteiger partial charge in [0.05, 0.1) is 0 Å². The first-order valence-corrected chi connectivity index (χ1v) is 6.24. The van der Waals surface area contributed by atoms with Gasteiger partial charge >= 0.3 is 11.9 Å². The molecule has 18 heavy (non-hydrogen) atoms. The monoisotopic (exact) mass is 262 g/mol. The third-order valence-corrected chi connectivity index (χ3v) is 2.73. The van der Waals surface area contributed by atoms with Crippen molar-refractivity contribution in [3.05, 3.63) is 0 Å². The molecule has 0 amide bonds. The molecule has 0 heterocycles. The first kappa shape index (κ1) is 19.2. The van der Waals surface area contributed by atoms with Crippen molar-refractivity contribution >= 4 is 11.9 Å². The largest absolute Gasteiger partial charge is 0.480 e. The maximum Gasteiger partial charge on any atom is 0.320 e. The summed E-state index contributed by atoms with van der Waals surface area (Å²) in [5.41, 5.74) is 10.5. The summed E-state index contributed by atoms with van der Waals surface area (Å²) < 4.78 is 0. The van der Waals surface area contributed by atoms with Gasteiger partial charge in [-0.2, -0.15) is 0 Å². The molecule has 108 valence electrons. The molecule has 0 aromatic carbocycles. The lowest BCUT2D eigenvalue weighted by Gasteiger charge is -2.11. The summed E-state index contributed by atoms with van der Waals surface area (Å²) in [5.74, 6) is -1.74. The van der Waals surface area contributed by atoms with Gasteiger partial charge in [0.2, 0.25) is 0 Å². The second kappa shape index (κ2) is 11.0. The van der Waals surface area contributed by atoms with Gasteiger partial charge in [0.25, 0.3) is 0 Å². The second-order valence-corrected chi connectivity index (χ2v) is 4.34. The number of carboxylic acids is 2. The normalized spacial score (nSPS) is 14.9. The molecule has 0 aliphatic carbocycles. The molecule has 6 nitrogen and oxygen atoms in total. The summed E-state index contributed by atoms with van der Waals surface area (Å²) in [4.78, 5) is 20.3. The van der Waals surface area contributed by atoms with Crippen LogP contribution in [-0.2, 0) is 9.59 Å². The zero-order valence-corrected chi connectivity index (χ0v) is 11.4. The van der Waals surface area contributed by atoms with E-state index in [1.807, 2.05) is 20.8 Å². The molecule has 0 fully saturated rings. The molecule has 0 bridgehead atoms. The number of hydrogen-bond donors (Lipinski definition) is 4. The van der Waals surface area contributed by atoms with Gasteiger partial charge in [0, 0.05) is 0 Å². The molecule has 0 aliphatic rings. The number of hydrogen-bond acceptors (Lipinski definition) is 4.